The summed E-state index contributed by atoms with van der Waals surface area (Å²) in [4.78, 5) is 24.5. The summed E-state index contributed by atoms with van der Waals surface area (Å²) in [6, 6.07) is 20.7. The molecule has 3 aromatic rings. The Morgan fingerprint density at radius 1 is 0.767 bits per heavy atom. The van der Waals surface area contributed by atoms with Gasteiger partial charge in [-0.15, -0.1) is 0 Å². The number of ether oxygens (including phenoxy) is 4. The fraction of sp³-hybridized carbons (Fsp3) is 0.130. The lowest BCUT2D eigenvalue weighted by Crippen LogP contribution is -2.21. The van der Waals surface area contributed by atoms with Gasteiger partial charge in [-0.25, -0.2) is 4.79 Å². The second-order valence-corrected chi connectivity index (χ2v) is 6.17. The largest absolute Gasteiger partial charge is 0.497 e. The molecule has 0 heterocycles. The molecule has 1 N–H and O–H groups in total. The summed E-state index contributed by atoms with van der Waals surface area (Å²) >= 11 is 0. The maximum absolute atomic E-state index is 12.3. The molecule has 0 radical (unpaired) electrons. The highest BCUT2D eigenvalue weighted by Gasteiger charge is 2.12. The van der Waals surface area contributed by atoms with Crippen LogP contribution in [0.3, 0.4) is 0 Å². The van der Waals surface area contributed by atoms with Crippen LogP contribution >= 0.6 is 0 Å². The van der Waals surface area contributed by atoms with Gasteiger partial charge in [0.05, 0.1) is 19.8 Å². The molecular formula is C23H21NO6. The molecule has 3 rings (SSSR count). The van der Waals surface area contributed by atoms with Crippen LogP contribution in [0.2, 0.25) is 0 Å². The van der Waals surface area contributed by atoms with Gasteiger partial charge in [0.25, 0.3) is 5.91 Å². The number of methoxy groups -OCH3 is 2. The number of nitrogens with one attached hydrogen (secondary N) is 1. The van der Waals surface area contributed by atoms with Crippen LogP contribution in [0, 0.1) is 0 Å². The first kappa shape index (κ1) is 20.7. The van der Waals surface area contributed by atoms with Crippen molar-refractivity contribution in [2.75, 3.05) is 26.1 Å². The number of carbonyl (C=O) groups excluding carboxylic acids is 2. The summed E-state index contributed by atoms with van der Waals surface area (Å²) in [6.07, 6.45) is 0. The van der Waals surface area contributed by atoms with E-state index in [-0.39, 0.29) is 5.56 Å². The highest BCUT2D eigenvalue weighted by Crippen LogP contribution is 2.26. The molecular weight excluding hydrogens is 386 g/mol. The van der Waals surface area contributed by atoms with E-state index in [0.29, 0.717) is 28.7 Å². The lowest BCUT2D eigenvalue weighted by molar-refractivity contribution is -0.119. The van der Waals surface area contributed by atoms with Crippen LogP contribution in [-0.4, -0.2) is 32.7 Å². The van der Waals surface area contributed by atoms with E-state index in [1.807, 2.05) is 30.3 Å². The highest BCUT2D eigenvalue weighted by molar-refractivity contribution is 5.95. The van der Waals surface area contributed by atoms with Crippen LogP contribution in [0.15, 0.2) is 72.8 Å². The number of esters is 1. The molecule has 0 aromatic heterocycles. The smallest absolute Gasteiger partial charge is 0.338 e. The van der Waals surface area contributed by atoms with Gasteiger partial charge in [0.1, 0.15) is 23.0 Å². The van der Waals surface area contributed by atoms with Crippen molar-refractivity contribution in [1.29, 1.82) is 0 Å². The van der Waals surface area contributed by atoms with Crippen molar-refractivity contribution in [2.45, 2.75) is 0 Å². The van der Waals surface area contributed by atoms with Gasteiger partial charge >= 0.3 is 5.97 Å². The van der Waals surface area contributed by atoms with Crippen molar-refractivity contribution in [1.82, 2.24) is 0 Å². The van der Waals surface area contributed by atoms with Gasteiger partial charge in [-0.2, -0.15) is 0 Å². The van der Waals surface area contributed by atoms with Crippen molar-refractivity contribution in [3.8, 4) is 23.0 Å². The molecule has 0 aliphatic heterocycles. The minimum Gasteiger partial charge on any atom is -0.497 e. The number of anilines is 1. The second kappa shape index (κ2) is 9.97. The Bertz CT molecular complexity index is 997. The molecule has 0 atom stereocenters. The summed E-state index contributed by atoms with van der Waals surface area (Å²) in [6.45, 7) is -0.442. The number of benzene rings is 3. The van der Waals surface area contributed by atoms with Crippen molar-refractivity contribution in [3.05, 3.63) is 78.4 Å². The van der Waals surface area contributed by atoms with Crippen molar-refractivity contribution in [3.63, 3.8) is 0 Å². The van der Waals surface area contributed by atoms with E-state index < -0.39 is 18.5 Å². The predicted molar refractivity (Wildman–Crippen MR) is 111 cm³/mol. The Balaban J connectivity index is 1.58. The molecule has 7 heteroatoms. The molecule has 0 saturated carbocycles. The topological polar surface area (TPSA) is 83.1 Å². The SMILES string of the molecule is COc1cc(NC(=O)COC(=O)c2cccc(Oc3ccccc3)c2)cc(OC)c1. The van der Waals surface area contributed by atoms with Crippen LogP contribution in [-0.2, 0) is 9.53 Å². The van der Waals surface area contributed by atoms with Crippen LogP contribution in [0.4, 0.5) is 5.69 Å². The summed E-state index contributed by atoms with van der Waals surface area (Å²) in [7, 11) is 3.02. The number of amides is 1. The summed E-state index contributed by atoms with van der Waals surface area (Å²) < 4.78 is 21.1. The average molecular weight is 407 g/mol. The molecule has 0 unspecified atom stereocenters. The minimum atomic E-state index is -0.633. The Hall–Kier alpha value is -4.00. The van der Waals surface area contributed by atoms with E-state index in [0.717, 1.165) is 0 Å². The van der Waals surface area contributed by atoms with Gasteiger partial charge in [-0.3, -0.25) is 4.79 Å². The normalized spacial score (nSPS) is 10.1. The molecule has 0 saturated heterocycles. The molecule has 1 amide bonds. The van der Waals surface area contributed by atoms with E-state index in [1.54, 1.807) is 42.5 Å². The molecule has 7 nitrogen and oxygen atoms in total. The van der Waals surface area contributed by atoms with Gasteiger partial charge in [0.2, 0.25) is 0 Å². The van der Waals surface area contributed by atoms with Crippen LogP contribution in [0.1, 0.15) is 10.4 Å². The van der Waals surface area contributed by atoms with Crippen LogP contribution in [0.5, 0.6) is 23.0 Å². The second-order valence-electron chi connectivity index (χ2n) is 6.17. The van der Waals surface area contributed by atoms with Gasteiger partial charge in [0, 0.05) is 23.9 Å². The third-order valence-electron chi connectivity index (χ3n) is 4.02. The number of para-hydroxylation sites is 1. The average Bonchev–Trinajstić information content (AvgIpc) is 2.78. The third kappa shape index (κ3) is 5.75. The van der Waals surface area contributed by atoms with E-state index in [4.69, 9.17) is 18.9 Å². The van der Waals surface area contributed by atoms with Gasteiger partial charge in [-0.1, -0.05) is 24.3 Å². The van der Waals surface area contributed by atoms with E-state index >= 15 is 0 Å². The van der Waals surface area contributed by atoms with E-state index in [1.165, 1.54) is 14.2 Å². The number of rotatable bonds is 8. The highest BCUT2D eigenvalue weighted by atomic mass is 16.5. The maximum atomic E-state index is 12.3. The molecule has 0 aliphatic carbocycles. The fourth-order valence-electron chi connectivity index (χ4n) is 2.60. The monoisotopic (exact) mass is 407 g/mol. The van der Waals surface area contributed by atoms with Crippen molar-refractivity contribution >= 4 is 17.6 Å². The number of hydrogen-bond acceptors (Lipinski definition) is 6. The number of hydrogen-bond donors (Lipinski definition) is 1. The molecule has 3 aromatic carbocycles. The first-order valence-corrected chi connectivity index (χ1v) is 9.10. The maximum Gasteiger partial charge on any atom is 0.338 e. The van der Waals surface area contributed by atoms with E-state index in [2.05, 4.69) is 5.32 Å². The molecule has 0 fully saturated rings. The Labute approximate surface area is 174 Å². The summed E-state index contributed by atoms with van der Waals surface area (Å²) in [5.41, 5.74) is 0.741. The Morgan fingerprint density at radius 3 is 2.10 bits per heavy atom. The molecule has 30 heavy (non-hydrogen) atoms. The van der Waals surface area contributed by atoms with Crippen molar-refractivity contribution in [2.24, 2.45) is 0 Å². The first-order chi connectivity index (χ1) is 14.6. The van der Waals surface area contributed by atoms with Crippen LogP contribution in [0.25, 0.3) is 0 Å². The quantitative estimate of drug-likeness (QED) is 0.561. The van der Waals surface area contributed by atoms with Crippen molar-refractivity contribution < 1.29 is 28.5 Å². The molecule has 0 bridgehead atoms. The third-order valence-corrected chi connectivity index (χ3v) is 4.02. The molecule has 0 spiro atoms. The Morgan fingerprint density at radius 2 is 1.43 bits per heavy atom. The lowest BCUT2D eigenvalue weighted by atomic mass is 10.2. The predicted octanol–water partition coefficient (Wildman–Crippen LogP) is 4.29. The first-order valence-electron chi connectivity index (χ1n) is 9.10. The molecule has 154 valence electrons. The van der Waals surface area contributed by atoms with Gasteiger partial charge in [-0.05, 0) is 30.3 Å². The lowest BCUT2D eigenvalue weighted by Gasteiger charge is -2.10. The summed E-state index contributed by atoms with van der Waals surface area (Å²) in [5, 5.41) is 2.64. The molecule has 0 aliphatic rings. The fourth-order valence-corrected chi connectivity index (χ4v) is 2.60. The minimum absolute atomic E-state index is 0.277. The summed E-state index contributed by atoms with van der Waals surface area (Å²) in [5.74, 6) is 1.07. The van der Waals surface area contributed by atoms with E-state index in [9.17, 15) is 9.59 Å². The number of carbonyl (C=O) groups is 2. The van der Waals surface area contributed by atoms with Gasteiger partial charge in [0.15, 0.2) is 6.61 Å². The standard InChI is InChI=1S/C23H21NO6/c1-27-20-12-17(13-21(14-20)28-2)24-22(25)15-29-23(26)16-7-6-10-19(11-16)30-18-8-4-3-5-9-18/h3-14H,15H2,1-2H3,(H,24,25). The Kier molecular flexibility index (Phi) is 6.89. The van der Waals surface area contributed by atoms with Gasteiger partial charge < -0.3 is 24.3 Å². The van der Waals surface area contributed by atoms with Crippen LogP contribution < -0.4 is 19.5 Å². The zero-order chi connectivity index (χ0) is 21.3. The zero-order valence-corrected chi connectivity index (χ0v) is 16.6. The zero-order valence-electron chi connectivity index (χ0n) is 16.6.